The molecule has 1 aromatic heterocycles. The molecule has 8 heteroatoms. The second kappa shape index (κ2) is 10.2. The molecule has 0 spiro atoms. The summed E-state index contributed by atoms with van der Waals surface area (Å²) < 4.78 is 4.87. The number of anilines is 2. The van der Waals surface area contributed by atoms with Gasteiger partial charge in [-0.15, -0.1) is 0 Å². The number of hydrogen-bond donors (Lipinski definition) is 3. The monoisotopic (exact) mass is 313 g/mol. The average Bonchev–Trinajstić information content (AvgIpc) is 2.51. The van der Waals surface area contributed by atoms with Crippen molar-refractivity contribution >= 4 is 29.3 Å². The number of thioether (sulfide) groups is 1. The number of rotatable bonds is 10. The number of nitrogens with one attached hydrogen (secondary N) is 3. The van der Waals surface area contributed by atoms with Crippen molar-refractivity contribution in [2.75, 3.05) is 50.2 Å². The molecule has 1 heterocycles. The van der Waals surface area contributed by atoms with E-state index in [9.17, 15) is 4.79 Å². The minimum atomic E-state index is -0.0977. The summed E-state index contributed by atoms with van der Waals surface area (Å²) >= 11 is 1.46. The molecular formula is C13H23N5O2S. The summed E-state index contributed by atoms with van der Waals surface area (Å²) in [6, 6.07) is 1.80. The maximum atomic E-state index is 11.6. The highest BCUT2D eigenvalue weighted by Crippen LogP contribution is 2.17. The normalized spacial score (nSPS) is 10.2. The molecule has 3 N–H and O–H groups in total. The molecule has 0 radical (unpaired) electrons. The quantitative estimate of drug-likeness (QED) is 0.340. The van der Waals surface area contributed by atoms with E-state index in [1.54, 1.807) is 13.2 Å². The van der Waals surface area contributed by atoms with Crippen LogP contribution in [-0.2, 0) is 9.53 Å². The highest BCUT2D eigenvalue weighted by atomic mass is 32.2. The lowest BCUT2D eigenvalue weighted by atomic mass is 10.4. The molecule has 0 aliphatic carbocycles. The third-order valence-corrected chi connectivity index (χ3v) is 3.05. The Morgan fingerprint density at radius 3 is 2.62 bits per heavy atom. The molecular weight excluding hydrogens is 290 g/mol. The Morgan fingerprint density at radius 1 is 1.29 bits per heavy atom. The Kier molecular flexibility index (Phi) is 8.53. The van der Waals surface area contributed by atoms with Gasteiger partial charge in [0.25, 0.3) is 0 Å². The van der Waals surface area contributed by atoms with E-state index in [1.807, 2.05) is 6.26 Å². The Balaban J connectivity index is 2.54. The van der Waals surface area contributed by atoms with Crippen molar-refractivity contribution in [1.29, 1.82) is 0 Å². The Labute approximate surface area is 129 Å². The van der Waals surface area contributed by atoms with Gasteiger partial charge in [0.05, 0.1) is 13.2 Å². The Morgan fingerprint density at radius 2 is 2.00 bits per heavy atom. The lowest BCUT2D eigenvalue weighted by Gasteiger charge is -2.10. The first kappa shape index (κ1) is 17.5. The number of carbonyl (C=O) groups is 1. The van der Waals surface area contributed by atoms with Gasteiger partial charge in [-0.25, -0.2) is 9.97 Å². The fraction of sp³-hybridized carbons (Fsp3) is 0.615. The van der Waals surface area contributed by atoms with E-state index in [0.29, 0.717) is 24.1 Å². The zero-order valence-electron chi connectivity index (χ0n) is 12.7. The van der Waals surface area contributed by atoms with E-state index in [1.165, 1.54) is 11.8 Å². The smallest absolute Gasteiger partial charge is 0.239 e. The zero-order chi connectivity index (χ0) is 15.5. The van der Waals surface area contributed by atoms with Gasteiger partial charge in [0.1, 0.15) is 11.6 Å². The van der Waals surface area contributed by atoms with Crippen molar-refractivity contribution in [3.05, 3.63) is 6.07 Å². The number of ether oxygens (including phenoxy) is 1. The van der Waals surface area contributed by atoms with Gasteiger partial charge in [-0.2, -0.15) is 0 Å². The predicted molar refractivity (Wildman–Crippen MR) is 86.0 cm³/mol. The van der Waals surface area contributed by atoms with Crippen molar-refractivity contribution in [2.45, 2.75) is 18.5 Å². The third-order valence-electron chi connectivity index (χ3n) is 2.50. The summed E-state index contributed by atoms with van der Waals surface area (Å²) in [6.45, 7) is 4.11. The van der Waals surface area contributed by atoms with Crippen molar-refractivity contribution in [1.82, 2.24) is 15.3 Å². The number of amides is 1. The Hall–Kier alpha value is -1.54. The van der Waals surface area contributed by atoms with Crippen LogP contribution in [0.1, 0.15) is 13.3 Å². The lowest BCUT2D eigenvalue weighted by Crippen LogP contribution is -2.32. The van der Waals surface area contributed by atoms with Gasteiger partial charge in [0.2, 0.25) is 5.91 Å². The van der Waals surface area contributed by atoms with Crippen molar-refractivity contribution in [3.8, 4) is 0 Å². The molecule has 0 unspecified atom stereocenters. The summed E-state index contributed by atoms with van der Waals surface area (Å²) in [5.41, 5.74) is 0. The van der Waals surface area contributed by atoms with Crippen LogP contribution >= 0.6 is 11.8 Å². The third kappa shape index (κ3) is 7.14. The number of methoxy groups -OCH3 is 1. The van der Waals surface area contributed by atoms with E-state index in [0.717, 1.165) is 18.8 Å². The number of hydrogen-bond acceptors (Lipinski definition) is 7. The van der Waals surface area contributed by atoms with Crippen LogP contribution in [0.2, 0.25) is 0 Å². The van der Waals surface area contributed by atoms with Crippen LogP contribution in [-0.4, -0.2) is 55.5 Å². The topological polar surface area (TPSA) is 88.2 Å². The second-order valence-electron chi connectivity index (χ2n) is 4.25. The summed E-state index contributed by atoms with van der Waals surface area (Å²) in [5.74, 6) is 1.30. The Bertz CT molecular complexity index is 445. The van der Waals surface area contributed by atoms with Crippen molar-refractivity contribution < 1.29 is 9.53 Å². The van der Waals surface area contributed by atoms with Gasteiger partial charge in [-0.05, 0) is 12.7 Å². The van der Waals surface area contributed by atoms with Crippen molar-refractivity contribution in [3.63, 3.8) is 0 Å². The van der Waals surface area contributed by atoms with E-state index in [2.05, 4.69) is 32.8 Å². The molecule has 1 aromatic rings. The fourth-order valence-electron chi connectivity index (χ4n) is 1.48. The van der Waals surface area contributed by atoms with Crippen LogP contribution in [0, 0.1) is 0 Å². The number of aromatic nitrogens is 2. The number of carbonyl (C=O) groups excluding carboxylic acids is 1. The van der Waals surface area contributed by atoms with Crippen LogP contribution in [0.4, 0.5) is 11.6 Å². The van der Waals surface area contributed by atoms with Gasteiger partial charge < -0.3 is 20.7 Å². The molecule has 1 rings (SSSR count). The maximum absolute atomic E-state index is 11.6. The molecule has 0 aliphatic heterocycles. The summed E-state index contributed by atoms with van der Waals surface area (Å²) in [5, 5.41) is 9.63. The van der Waals surface area contributed by atoms with Gasteiger partial charge in [0, 0.05) is 26.3 Å². The standard InChI is InChI=1S/C13H23N5O2S/c1-4-5-14-10-8-11(18-13(17-10)21-3)16-9-12(19)15-6-7-20-2/h8H,4-7,9H2,1-3H3,(H,15,19)(H2,14,16,17,18). The summed E-state index contributed by atoms with van der Waals surface area (Å²) in [7, 11) is 1.60. The van der Waals surface area contributed by atoms with E-state index >= 15 is 0 Å². The molecule has 0 atom stereocenters. The van der Waals surface area contributed by atoms with E-state index in [-0.39, 0.29) is 12.5 Å². The first-order valence-electron chi connectivity index (χ1n) is 6.86. The van der Waals surface area contributed by atoms with Gasteiger partial charge in [-0.1, -0.05) is 18.7 Å². The largest absolute Gasteiger partial charge is 0.383 e. The molecule has 1 amide bonds. The molecule has 118 valence electrons. The van der Waals surface area contributed by atoms with E-state index in [4.69, 9.17) is 4.74 Å². The molecule has 0 aliphatic rings. The SMILES string of the molecule is CCCNc1cc(NCC(=O)NCCOC)nc(SC)n1. The first-order chi connectivity index (χ1) is 10.2. The van der Waals surface area contributed by atoms with Crippen LogP contribution in [0.25, 0.3) is 0 Å². The lowest BCUT2D eigenvalue weighted by molar-refractivity contribution is -0.119. The molecule has 0 bridgehead atoms. The van der Waals surface area contributed by atoms with Crippen LogP contribution < -0.4 is 16.0 Å². The summed E-state index contributed by atoms with van der Waals surface area (Å²) in [4.78, 5) is 20.3. The second-order valence-corrected chi connectivity index (χ2v) is 5.02. The maximum Gasteiger partial charge on any atom is 0.239 e. The fourth-order valence-corrected chi connectivity index (χ4v) is 1.86. The molecule has 7 nitrogen and oxygen atoms in total. The van der Waals surface area contributed by atoms with E-state index < -0.39 is 0 Å². The average molecular weight is 313 g/mol. The van der Waals surface area contributed by atoms with Gasteiger partial charge >= 0.3 is 0 Å². The van der Waals surface area contributed by atoms with Crippen LogP contribution in [0.3, 0.4) is 0 Å². The predicted octanol–water partition coefficient (Wildman–Crippen LogP) is 1.19. The van der Waals surface area contributed by atoms with Crippen LogP contribution in [0.15, 0.2) is 11.2 Å². The van der Waals surface area contributed by atoms with Gasteiger partial charge in [-0.3, -0.25) is 4.79 Å². The molecule has 0 saturated carbocycles. The number of nitrogens with zero attached hydrogens (tertiary/aromatic N) is 2. The minimum absolute atomic E-state index is 0.0977. The highest BCUT2D eigenvalue weighted by Gasteiger charge is 2.06. The summed E-state index contributed by atoms with van der Waals surface area (Å²) in [6.07, 6.45) is 2.93. The van der Waals surface area contributed by atoms with Crippen LogP contribution in [0.5, 0.6) is 0 Å². The highest BCUT2D eigenvalue weighted by molar-refractivity contribution is 7.98. The zero-order valence-corrected chi connectivity index (χ0v) is 13.5. The first-order valence-corrected chi connectivity index (χ1v) is 8.08. The minimum Gasteiger partial charge on any atom is -0.383 e. The molecule has 0 aromatic carbocycles. The van der Waals surface area contributed by atoms with Gasteiger partial charge in [0.15, 0.2) is 5.16 Å². The molecule has 0 fully saturated rings. The molecule has 0 saturated heterocycles. The molecule has 21 heavy (non-hydrogen) atoms. The van der Waals surface area contributed by atoms with Crippen molar-refractivity contribution in [2.24, 2.45) is 0 Å².